The summed E-state index contributed by atoms with van der Waals surface area (Å²) in [6, 6.07) is 26.5. The minimum atomic E-state index is -1.27. The second-order valence-electron chi connectivity index (χ2n) is 22.2. The minimum absolute atomic E-state index is 0.0379. The van der Waals surface area contributed by atoms with Gasteiger partial charge in [-0.1, -0.05) is 64.5 Å². The monoisotopic (exact) mass is 1250 g/mol. The van der Waals surface area contributed by atoms with Crippen LogP contribution in [-0.4, -0.2) is 158 Å². The average Bonchev–Trinajstić information content (AvgIpc) is 1.13. The Morgan fingerprint density at radius 1 is 0.816 bits per heavy atom. The summed E-state index contributed by atoms with van der Waals surface area (Å²) in [5.74, 6) is 0.176. The number of thioether (sulfide) groups is 1. The average molecular weight is 1250 g/mol. The van der Waals surface area contributed by atoms with Crippen LogP contribution in [-0.2, 0) is 58.0 Å². The molecule has 5 aromatic rings. The second kappa shape index (κ2) is 28.2. The summed E-state index contributed by atoms with van der Waals surface area (Å²) in [5, 5.41) is 8.42. The minimum Gasteiger partial charge on any atom is -0.541 e. The lowest BCUT2D eigenvalue weighted by molar-refractivity contribution is -0.937. The lowest BCUT2D eigenvalue weighted by atomic mass is 9.97. The summed E-state index contributed by atoms with van der Waals surface area (Å²) in [7, 11) is 5.95. The molecule has 3 atom stereocenters. The number of carbonyl (C=O) groups excluding carboxylic acids is 6. The summed E-state index contributed by atoms with van der Waals surface area (Å²) < 4.78 is 45.4. The summed E-state index contributed by atoms with van der Waals surface area (Å²) in [6.07, 6.45) is 1.19. The van der Waals surface area contributed by atoms with Gasteiger partial charge in [0, 0.05) is 55.7 Å². The maximum atomic E-state index is 14.7. The number of oxime groups is 1. The number of hydrogen-bond donors (Lipinski definition) is 2. The molecule has 9 rings (SSSR count). The molecule has 4 aromatic carbocycles. The highest BCUT2D eigenvalue weighted by atomic mass is 35.5. The van der Waals surface area contributed by atoms with Crippen molar-refractivity contribution < 1.29 is 75.9 Å². The third-order valence-corrected chi connectivity index (χ3v) is 17.8. The molecule has 0 unspecified atom stereocenters. The topological polar surface area (TPSA) is 241 Å². The third kappa shape index (κ3) is 15.4. The molecule has 87 heavy (non-hydrogen) atoms. The van der Waals surface area contributed by atoms with E-state index in [1.165, 1.54) is 23.6 Å². The van der Waals surface area contributed by atoms with Crippen molar-refractivity contribution in [1.82, 2.24) is 20.1 Å². The van der Waals surface area contributed by atoms with E-state index in [4.69, 9.17) is 54.3 Å². The van der Waals surface area contributed by atoms with E-state index in [-0.39, 0.29) is 52.6 Å². The van der Waals surface area contributed by atoms with E-state index in [1.54, 1.807) is 84.6 Å². The number of nitrogens with one attached hydrogen (secondary N) is 2. The molecule has 3 fully saturated rings. The van der Waals surface area contributed by atoms with Crippen molar-refractivity contribution >= 4 is 89.3 Å². The smallest absolute Gasteiger partial charge is 0.413 e. The van der Waals surface area contributed by atoms with Crippen molar-refractivity contribution in [2.45, 2.75) is 102 Å². The maximum absolute atomic E-state index is 14.7. The summed E-state index contributed by atoms with van der Waals surface area (Å²) in [6.45, 7) is 9.90. The van der Waals surface area contributed by atoms with Crippen LogP contribution in [0, 0.1) is 0 Å². The number of fused-ring (bicyclic) bond motifs is 1. The molecule has 0 saturated carbocycles. The van der Waals surface area contributed by atoms with Crippen molar-refractivity contribution in [2.24, 2.45) is 5.16 Å². The van der Waals surface area contributed by atoms with E-state index < -0.39 is 58.7 Å². The molecule has 0 bridgehead atoms. The molecule has 2 N–H and O–H groups in total. The first kappa shape index (κ1) is 63.5. The van der Waals surface area contributed by atoms with Gasteiger partial charge < -0.3 is 57.3 Å². The van der Waals surface area contributed by atoms with Crippen molar-refractivity contribution in [3.63, 3.8) is 0 Å². The molecule has 4 aliphatic heterocycles. The molecular weight excluding hydrogens is 1180 g/mol. The van der Waals surface area contributed by atoms with Crippen LogP contribution in [0.2, 0.25) is 4.34 Å². The Bertz CT molecular complexity index is 3380. The highest BCUT2D eigenvalue weighted by molar-refractivity contribution is 8.00. The SMILES string of the molecule is BOC(=O)[C@H](C)O/N=C(\C(=O)N[C@@H]1C(=O)N2C(C(=O)OCc3ccc(OC)cc3)=C(C[N+]3(C4CCN(C(=O)c5ccc(OCc6ccc(OC)cc6)c(OCc6ccc(OC)cc6)c5)CC4)CCCC3)CS[C@H]12)c1nc(NC(=O)OC(C)(C)C)sc1Cl. The van der Waals surface area contributed by atoms with Gasteiger partial charge >= 0.3 is 26.1 Å². The molecule has 3 saturated heterocycles. The zero-order valence-corrected chi connectivity index (χ0v) is 52.1. The highest BCUT2D eigenvalue weighted by Gasteiger charge is 2.56. The Labute approximate surface area is 518 Å². The Hall–Kier alpha value is -8.00. The van der Waals surface area contributed by atoms with Crippen molar-refractivity contribution in [2.75, 3.05) is 65.1 Å². The van der Waals surface area contributed by atoms with Crippen molar-refractivity contribution in [3.05, 3.63) is 135 Å². The molecule has 4 amide bonds. The lowest BCUT2D eigenvalue weighted by Gasteiger charge is -2.51. The van der Waals surface area contributed by atoms with Gasteiger partial charge in [-0.2, -0.15) is 0 Å². The zero-order valence-electron chi connectivity index (χ0n) is 49.7. The molecule has 1 aromatic heterocycles. The van der Waals surface area contributed by atoms with Gasteiger partial charge in [0.05, 0.1) is 40.5 Å². The zero-order chi connectivity index (χ0) is 62.0. The van der Waals surface area contributed by atoms with E-state index in [9.17, 15) is 28.8 Å². The molecular formula is C61H70BClN7O15S2+. The van der Waals surface area contributed by atoms with E-state index in [2.05, 4.69) is 20.8 Å². The van der Waals surface area contributed by atoms with Crippen LogP contribution in [0.15, 0.2) is 107 Å². The molecule has 0 radical (unpaired) electrons. The third-order valence-electron chi connectivity index (χ3n) is 15.3. The second-order valence-corrected chi connectivity index (χ2v) is 24.9. The number of thiazole rings is 1. The Balaban J connectivity index is 0.931. The van der Waals surface area contributed by atoms with Crippen LogP contribution in [0.25, 0.3) is 0 Å². The molecule has 4 aliphatic rings. The highest BCUT2D eigenvalue weighted by Crippen LogP contribution is 2.44. The number of esters is 1. The standard InChI is InChI=1S/C61H69BClN7O15S2/c1-36(57(74)84-62)85-67-49(48-52(63)87-59(65-48)66-60(76)83-61(2,3)4)53(71)64-50-55(73)69-51(58(75)82-34-39-14-21-45(79-7)22-15-39)41(35-86-56(50)69)31-70(28-8-9-29-70)42-24-26-68(27-25-42)54(72)40-16-23-46(80-32-37-10-17-43(77-5)18-11-37)47(30-40)81-33-38-12-19-44(78-6)20-13-38/h10-23,30,36,42,50,56H,8-9,24-29,31-35,62H2,1-7H3,(H-,64,65,66,71,76)/p+1/b67-49-/t36-,50+,56+/m0/s1. The number of amides is 4. The van der Waals surface area contributed by atoms with E-state index in [0.29, 0.717) is 71.1 Å². The number of β-lactam (4-membered cyclic amide) rings is 1. The number of nitrogens with zero attached hydrogens (tertiary/aromatic N) is 5. The van der Waals surface area contributed by atoms with Gasteiger partial charge in [0.25, 0.3) is 17.7 Å². The predicted octanol–water partition coefficient (Wildman–Crippen LogP) is 7.84. The van der Waals surface area contributed by atoms with Crippen molar-refractivity contribution in [1.29, 1.82) is 0 Å². The molecule has 0 aliphatic carbocycles. The number of anilines is 1. The number of piperidine rings is 1. The first-order valence-corrected chi connectivity index (χ1v) is 30.6. The van der Waals surface area contributed by atoms with Crippen LogP contribution in [0.5, 0.6) is 28.7 Å². The Kier molecular flexibility index (Phi) is 20.6. The summed E-state index contributed by atoms with van der Waals surface area (Å²) >= 11 is 8.83. The molecule has 460 valence electrons. The van der Waals surface area contributed by atoms with E-state index >= 15 is 0 Å². The fourth-order valence-electron chi connectivity index (χ4n) is 10.8. The van der Waals surface area contributed by atoms with Gasteiger partial charge in [-0.15, -0.1) is 11.8 Å². The van der Waals surface area contributed by atoms with Crippen LogP contribution >= 0.6 is 34.7 Å². The predicted molar refractivity (Wildman–Crippen MR) is 328 cm³/mol. The number of carbonyl (C=O) groups is 6. The maximum Gasteiger partial charge on any atom is 0.413 e. The summed E-state index contributed by atoms with van der Waals surface area (Å²) in [5.41, 5.74) is 2.28. The van der Waals surface area contributed by atoms with Gasteiger partial charge in [-0.05, 0) is 99.0 Å². The van der Waals surface area contributed by atoms with E-state index in [0.717, 1.165) is 73.5 Å². The van der Waals surface area contributed by atoms with E-state index in [1.807, 2.05) is 53.4 Å². The van der Waals surface area contributed by atoms with Crippen LogP contribution in [0.4, 0.5) is 9.93 Å². The number of ether oxygens (including phenoxy) is 7. The van der Waals surface area contributed by atoms with Crippen LogP contribution in [0.3, 0.4) is 0 Å². The Morgan fingerprint density at radius 3 is 1.95 bits per heavy atom. The Morgan fingerprint density at radius 2 is 1.39 bits per heavy atom. The number of benzene rings is 4. The number of aromatic nitrogens is 1. The number of likely N-dealkylation sites (tertiary alicyclic amines) is 2. The normalized spacial score (nSPS) is 17.9. The number of rotatable bonds is 23. The van der Waals surface area contributed by atoms with Gasteiger partial charge in [0.2, 0.25) is 6.10 Å². The number of halogens is 1. The quantitative estimate of drug-likeness (QED) is 0.0158. The fraction of sp³-hybridized carbons (Fsp3) is 0.410. The van der Waals surface area contributed by atoms with Crippen LogP contribution < -0.4 is 34.3 Å². The first-order chi connectivity index (χ1) is 41.8. The fourth-order valence-corrected chi connectivity index (χ4v) is 13.2. The summed E-state index contributed by atoms with van der Waals surface area (Å²) in [4.78, 5) is 96.2. The molecule has 22 nitrogen and oxygen atoms in total. The van der Waals surface area contributed by atoms with Gasteiger partial charge in [-0.25, -0.2) is 19.4 Å². The molecule has 0 spiro atoms. The number of quaternary nitrogens is 1. The van der Waals surface area contributed by atoms with Gasteiger partial charge in [0.1, 0.15) is 76.4 Å². The molecule has 5 heterocycles. The van der Waals surface area contributed by atoms with Gasteiger partial charge in [0.15, 0.2) is 22.3 Å². The van der Waals surface area contributed by atoms with Crippen LogP contribution in [0.1, 0.15) is 86.1 Å². The van der Waals surface area contributed by atoms with Crippen molar-refractivity contribution in [3.8, 4) is 28.7 Å². The number of hydrogen-bond acceptors (Lipinski definition) is 19. The number of methoxy groups -OCH3 is 3. The van der Waals surface area contributed by atoms with Gasteiger partial charge in [-0.3, -0.25) is 24.6 Å². The first-order valence-electron chi connectivity index (χ1n) is 28.4. The lowest BCUT2D eigenvalue weighted by Crippen LogP contribution is -2.71. The largest absolute Gasteiger partial charge is 0.541 e. The molecule has 26 heteroatoms.